The lowest BCUT2D eigenvalue weighted by molar-refractivity contribution is -0.130. The van der Waals surface area contributed by atoms with Crippen LogP contribution in [0.1, 0.15) is 50.3 Å². The van der Waals surface area contributed by atoms with Gasteiger partial charge in [-0.2, -0.15) is 0 Å². The second kappa shape index (κ2) is 8.41. The number of aromatic nitrogens is 2. The van der Waals surface area contributed by atoms with Crippen molar-refractivity contribution in [1.29, 1.82) is 0 Å². The molecular formula is C26H30N4O2. The summed E-state index contributed by atoms with van der Waals surface area (Å²) in [5, 5.41) is 6.87. The third-order valence-corrected chi connectivity index (χ3v) is 7.40. The normalized spacial score (nSPS) is 22.4. The number of hydrogen-bond acceptors (Lipinski definition) is 3. The van der Waals surface area contributed by atoms with Crippen LogP contribution in [0.15, 0.2) is 54.9 Å². The van der Waals surface area contributed by atoms with Crippen molar-refractivity contribution in [2.24, 2.45) is 11.8 Å². The molecule has 2 saturated carbocycles. The van der Waals surface area contributed by atoms with Gasteiger partial charge in [0.15, 0.2) is 0 Å². The Morgan fingerprint density at radius 1 is 1.19 bits per heavy atom. The molecule has 6 nitrogen and oxygen atoms in total. The molecule has 32 heavy (non-hydrogen) atoms. The van der Waals surface area contributed by atoms with E-state index in [1.165, 1.54) is 18.4 Å². The molecule has 3 atom stereocenters. The van der Waals surface area contributed by atoms with Gasteiger partial charge in [-0.15, -0.1) is 0 Å². The number of amides is 2. The van der Waals surface area contributed by atoms with Crippen molar-refractivity contribution in [3.63, 3.8) is 0 Å². The first-order chi connectivity index (χ1) is 15.5. The number of pyridine rings is 1. The molecule has 3 N–H and O–H groups in total. The van der Waals surface area contributed by atoms with E-state index in [1.807, 2.05) is 12.1 Å². The van der Waals surface area contributed by atoms with Crippen LogP contribution in [-0.2, 0) is 21.5 Å². The second-order valence-corrected chi connectivity index (χ2v) is 9.43. The van der Waals surface area contributed by atoms with Gasteiger partial charge in [-0.05, 0) is 68.1 Å². The van der Waals surface area contributed by atoms with Crippen LogP contribution in [0.2, 0.25) is 0 Å². The fourth-order valence-electron chi connectivity index (χ4n) is 5.42. The molecule has 0 radical (unpaired) electrons. The Bertz CT molecular complexity index is 1090. The average Bonchev–Trinajstić information content (AvgIpc) is 3.28. The average molecular weight is 431 g/mol. The van der Waals surface area contributed by atoms with E-state index >= 15 is 0 Å². The van der Waals surface area contributed by atoms with Crippen molar-refractivity contribution in [2.45, 2.75) is 57.0 Å². The molecule has 1 aromatic carbocycles. The molecule has 166 valence electrons. The Kier molecular flexibility index (Phi) is 5.45. The molecule has 5 rings (SSSR count). The predicted molar refractivity (Wildman–Crippen MR) is 124 cm³/mol. The minimum Gasteiger partial charge on any atom is -0.357 e. The summed E-state index contributed by atoms with van der Waals surface area (Å²) >= 11 is 0. The van der Waals surface area contributed by atoms with Gasteiger partial charge in [0.25, 0.3) is 0 Å². The largest absolute Gasteiger partial charge is 0.357 e. The highest BCUT2D eigenvalue weighted by Crippen LogP contribution is 2.59. The molecule has 2 heterocycles. The predicted octanol–water partition coefficient (Wildman–Crippen LogP) is 3.83. The third kappa shape index (κ3) is 4.01. The van der Waals surface area contributed by atoms with Gasteiger partial charge in [-0.3, -0.25) is 14.6 Å². The van der Waals surface area contributed by atoms with Crippen molar-refractivity contribution in [1.82, 2.24) is 20.6 Å². The van der Waals surface area contributed by atoms with Gasteiger partial charge in [0.05, 0.1) is 6.54 Å². The van der Waals surface area contributed by atoms with Gasteiger partial charge < -0.3 is 15.6 Å². The minimum absolute atomic E-state index is 0.00218. The summed E-state index contributed by atoms with van der Waals surface area (Å²) in [5.41, 5.74) is 3.60. The van der Waals surface area contributed by atoms with Crippen LogP contribution in [0.25, 0.3) is 10.9 Å². The first-order valence-electron chi connectivity index (χ1n) is 11.6. The standard InChI is InChI=1S/C26H30N4O2/c1-17(24(31)28-16-22-14-19-15-27-12-9-23(19)30-22)29-25(32)18-7-8-21(13-18)26(10-11-26)20-5-3-2-4-6-20/h2-6,9,12,14-15,17-18,21,30H,7-8,10-11,13,16H2,1H3,(H,28,31)(H,29,32)/t17-,18+,21+/m0/s1. The number of rotatable bonds is 7. The fourth-order valence-corrected chi connectivity index (χ4v) is 5.42. The molecule has 0 unspecified atom stereocenters. The summed E-state index contributed by atoms with van der Waals surface area (Å²) in [4.78, 5) is 32.8. The highest BCUT2D eigenvalue weighted by Gasteiger charge is 2.53. The molecule has 6 heteroatoms. The molecule has 0 saturated heterocycles. The molecule has 2 aliphatic rings. The number of nitrogens with zero attached hydrogens (tertiary/aromatic N) is 1. The Morgan fingerprint density at radius 3 is 2.75 bits per heavy atom. The quantitative estimate of drug-likeness (QED) is 0.532. The van der Waals surface area contributed by atoms with Gasteiger partial charge in [0.1, 0.15) is 6.04 Å². The molecule has 2 amide bonds. The third-order valence-electron chi connectivity index (χ3n) is 7.40. The van der Waals surface area contributed by atoms with E-state index in [-0.39, 0.29) is 23.1 Å². The summed E-state index contributed by atoms with van der Waals surface area (Å²) in [6.45, 7) is 2.14. The summed E-state index contributed by atoms with van der Waals surface area (Å²) in [6, 6.07) is 14.1. The van der Waals surface area contributed by atoms with Crippen LogP contribution in [0, 0.1) is 11.8 Å². The van der Waals surface area contributed by atoms with Crippen molar-refractivity contribution < 1.29 is 9.59 Å². The molecule has 2 aliphatic carbocycles. The minimum atomic E-state index is -0.559. The highest BCUT2D eigenvalue weighted by molar-refractivity contribution is 5.88. The van der Waals surface area contributed by atoms with Crippen LogP contribution >= 0.6 is 0 Å². The first-order valence-corrected chi connectivity index (χ1v) is 11.6. The van der Waals surface area contributed by atoms with Crippen LogP contribution in [-0.4, -0.2) is 27.8 Å². The van der Waals surface area contributed by atoms with Crippen molar-refractivity contribution in [2.75, 3.05) is 0 Å². The molecule has 3 aromatic rings. The lowest BCUT2D eigenvalue weighted by Gasteiger charge is -2.24. The van der Waals surface area contributed by atoms with Gasteiger partial charge in [0, 0.05) is 34.9 Å². The zero-order valence-electron chi connectivity index (χ0n) is 18.4. The molecule has 0 bridgehead atoms. The Balaban J connectivity index is 1.12. The van der Waals surface area contributed by atoms with E-state index in [1.54, 1.807) is 19.3 Å². The summed E-state index contributed by atoms with van der Waals surface area (Å²) in [7, 11) is 0. The lowest BCUT2D eigenvalue weighted by Crippen LogP contribution is -2.46. The van der Waals surface area contributed by atoms with E-state index in [0.717, 1.165) is 35.9 Å². The number of nitrogens with one attached hydrogen (secondary N) is 3. The number of carbonyl (C=O) groups is 2. The summed E-state index contributed by atoms with van der Waals surface area (Å²) in [6.07, 6.45) is 8.87. The molecule has 0 spiro atoms. The van der Waals surface area contributed by atoms with Gasteiger partial charge >= 0.3 is 0 Å². The topological polar surface area (TPSA) is 86.9 Å². The maximum atomic E-state index is 12.9. The maximum Gasteiger partial charge on any atom is 0.242 e. The summed E-state index contributed by atoms with van der Waals surface area (Å²) < 4.78 is 0. The van der Waals surface area contributed by atoms with E-state index < -0.39 is 6.04 Å². The number of H-pyrrole nitrogens is 1. The number of hydrogen-bond donors (Lipinski definition) is 3. The lowest BCUT2D eigenvalue weighted by atomic mass is 9.81. The maximum absolute atomic E-state index is 12.9. The van der Waals surface area contributed by atoms with Crippen molar-refractivity contribution in [3.8, 4) is 0 Å². The number of fused-ring (bicyclic) bond motifs is 1. The van der Waals surface area contributed by atoms with Crippen LogP contribution in [0.5, 0.6) is 0 Å². The Labute approximate surface area is 188 Å². The monoisotopic (exact) mass is 430 g/mol. The van der Waals surface area contributed by atoms with E-state index in [0.29, 0.717) is 12.5 Å². The van der Waals surface area contributed by atoms with Gasteiger partial charge in [-0.25, -0.2) is 0 Å². The van der Waals surface area contributed by atoms with Gasteiger partial charge in [0.2, 0.25) is 11.8 Å². The molecule has 2 fully saturated rings. The molecular weight excluding hydrogens is 400 g/mol. The van der Waals surface area contributed by atoms with Crippen molar-refractivity contribution >= 4 is 22.7 Å². The molecule has 0 aliphatic heterocycles. The fraction of sp³-hybridized carbons (Fsp3) is 0.423. The zero-order chi connectivity index (χ0) is 22.1. The Morgan fingerprint density at radius 2 is 2.00 bits per heavy atom. The number of aromatic amines is 1. The number of benzene rings is 1. The van der Waals surface area contributed by atoms with E-state index in [9.17, 15) is 9.59 Å². The smallest absolute Gasteiger partial charge is 0.242 e. The summed E-state index contributed by atoms with van der Waals surface area (Å²) in [5.74, 6) is 0.391. The van der Waals surface area contributed by atoms with Crippen LogP contribution in [0.4, 0.5) is 0 Å². The second-order valence-electron chi connectivity index (χ2n) is 9.43. The van der Waals surface area contributed by atoms with Gasteiger partial charge in [-0.1, -0.05) is 30.3 Å². The van der Waals surface area contributed by atoms with Crippen LogP contribution < -0.4 is 10.6 Å². The highest BCUT2D eigenvalue weighted by atomic mass is 16.2. The molecule has 2 aromatic heterocycles. The van der Waals surface area contributed by atoms with E-state index in [4.69, 9.17) is 0 Å². The number of carbonyl (C=O) groups excluding carboxylic acids is 2. The van der Waals surface area contributed by atoms with Crippen LogP contribution in [0.3, 0.4) is 0 Å². The SMILES string of the molecule is C[C@H](NC(=O)[C@@H]1CC[C@@H](C2(c3ccccc3)CC2)C1)C(=O)NCc1cc2cnccc2[nH]1. The van der Waals surface area contributed by atoms with E-state index in [2.05, 4.69) is 50.9 Å². The zero-order valence-corrected chi connectivity index (χ0v) is 18.4. The van der Waals surface area contributed by atoms with Crippen molar-refractivity contribution in [3.05, 3.63) is 66.1 Å². The first kappa shape index (κ1) is 20.7. The Hall–Kier alpha value is -3.15.